The van der Waals surface area contributed by atoms with E-state index in [-0.39, 0.29) is 30.9 Å². The van der Waals surface area contributed by atoms with Crippen LogP contribution in [0.4, 0.5) is 0 Å². The summed E-state index contributed by atoms with van der Waals surface area (Å²) in [5, 5.41) is 7.78. The smallest absolute Gasteiger partial charge is 0.246 e. The molecule has 3 amide bonds. The Hall–Kier alpha value is -1.75. The van der Waals surface area contributed by atoms with Gasteiger partial charge in [-0.1, -0.05) is 6.92 Å². The second kappa shape index (κ2) is 18.1. The van der Waals surface area contributed by atoms with E-state index in [1.807, 2.05) is 0 Å². The Morgan fingerprint density at radius 2 is 1.12 bits per heavy atom. The lowest BCUT2D eigenvalue weighted by Crippen LogP contribution is -2.31. The van der Waals surface area contributed by atoms with Crippen molar-refractivity contribution in [2.75, 3.05) is 73.0 Å². The molecule has 0 aromatic rings. The Morgan fingerprint density at radius 1 is 0.654 bits per heavy atom. The average Bonchev–Trinajstić information content (AvgIpc) is 2.65. The average molecular weight is 377 g/mol. The number of nitrogens with one attached hydrogen (secondary N) is 3. The summed E-state index contributed by atoms with van der Waals surface area (Å²) in [6, 6.07) is 0. The Labute approximate surface area is 154 Å². The molecule has 0 aliphatic carbocycles. The monoisotopic (exact) mass is 377 g/mol. The van der Waals surface area contributed by atoms with E-state index in [9.17, 15) is 14.4 Å². The van der Waals surface area contributed by atoms with Gasteiger partial charge in [-0.3, -0.25) is 14.4 Å². The van der Waals surface area contributed by atoms with Gasteiger partial charge >= 0.3 is 0 Å². The molecule has 0 aliphatic rings. The number of ether oxygens (including phenoxy) is 4. The van der Waals surface area contributed by atoms with Gasteiger partial charge in [0.2, 0.25) is 17.7 Å². The van der Waals surface area contributed by atoms with Gasteiger partial charge < -0.3 is 34.9 Å². The first-order chi connectivity index (χ1) is 12.6. The minimum Gasteiger partial charge on any atom is -0.377 e. The molecule has 0 unspecified atom stereocenters. The molecule has 0 aromatic heterocycles. The number of carbonyl (C=O) groups is 3. The molecule has 26 heavy (non-hydrogen) atoms. The zero-order valence-corrected chi connectivity index (χ0v) is 15.6. The zero-order chi connectivity index (χ0) is 19.5. The van der Waals surface area contributed by atoms with Crippen LogP contribution in [-0.4, -0.2) is 90.7 Å². The van der Waals surface area contributed by atoms with Crippen LogP contribution in [0.5, 0.6) is 0 Å². The molecule has 0 bridgehead atoms. The Morgan fingerprint density at radius 3 is 1.62 bits per heavy atom. The van der Waals surface area contributed by atoms with Crippen LogP contribution in [0.3, 0.4) is 0 Å². The van der Waals surface area contributed by atoms with Crippen molar-refractivity contribution in [3.05, 3.63) is 0 Å². The standard InChI is InChI=1S/C16H31N3O7/c1-3-14(20)18-4-6-23-9-11-26-13-16(22)19-5-7-24-8-10-25-12-15(21)17-2/h3-13H2,1-2H3,(H,17,21)(H,18,20)(H,19,22). The van der Waals surface area contributed by atoms with Gasteiger partial charge in [-0.25, -0.2) is 0 Å². The topological polar surface area (TPSA) is 124 Å². The summed E-state index contributed by atoms with van der Waals surface area (Å²) in [4.78, 5) is 33.3. The summed E-state index contributed by atoms with van der Waals surface area (Å²) >= 11 is 0. The fourth-order valence-electron chi connectivity index (χ4n) is 1.54. The van der Waals surface area contributed by atoms with E-state index in [1.54, 1.807) is 6.92 Å². The predicted octanol–water partition coefficient (Wildman–Crippen LogP) is -1.56. The van der Waals surface area contributed by atoms with Crippen molar-refractivity contribution in [3.8, 4) is 0 Å². The number of hydrogen-bond donors (Lipinski definition) is 3. The Bertz CT molecular complexity index is 360. The normalized spacial score (nSPS) is 10.4. The van der Waals surface area contributed by atoms with Crippen LogP contribution in [-0.2, 0) is 33.3 Å². The summed E-state index contributed by atoms with van der Waals surface area (Å²) in [5.74, 6) is -0.437. The maximum absolute atomic E-state index is 11.5. The van der Waals surface area contributed by atoms with E-state index in [1.165, 1.54) is 7.05 Å². The zero-order valence-electron chi connectivity index (χ0n) is 15.6. The highest BCUT2D eigenvalue weighted by Crippen LogP contribution is 1.82. The SMILES string of the molecule is CCC(=O)NCCOCCOCC(=O)NCCOCCOCC(=O)NC. The van der Waals surface area contributed by atoms with Gasteiger partial charge in [0.1, 0.15) is 13.2 Å². The molecule has 0 saturated heterocycles. The van der Waals surface area contributed by atoms with E-state index in [0.29, 0.717) is 59.2 Å². The molecule has 10 nitrogen and oxygen atoms in total. The van der Waals surface area contributed by atoms with Gasteiger partial charge in [-0.15, -0.1) is 0 Å². The van der Waals surface area contributed by atoms with E-state index < -0.39 is 0 Å². The summed E-state index contributed by atoms with van der Waals surface area (Å²) < 4.78 is 20.7. The number of rotatable bonds is 17. The number of carbonyl (C=O) groups excluding carboxylic acids is 3. The predicted molar refractivity (Wildman–Crippen MR) is 93.7 cm³/mol. The summed E-state index contributed by atoms with van der Waals surface area (Å²) in [6.07, 6.45) is 0.453. The van der Waals surface area contributed by atoms with Crippen LogP contribution >= 0.6 is 0 Å². The Kier molecular flexibility index (Phi) is 16.8. The van der Waals surface area contributed by atoms with E-state index in [4.69, 9.17) is 18.9 Å². The highest BCUT2D eigenvalue weighted by molar-refractivity contribution is 5.77. The van der Waals surface area contributed by atoms with Crippen LogP contribution in [0.25, 0.3) is 0 Å². The van der Waals surface area contributed by atoms with Gasteiger partial charge in [0, 0.05) is 26.6 Å². The largest absolute Gasteiger partial charge is 0.377 e. The van der Waals surface area contributed by atoms with E-state index in [2.05, 4.69) is 16.0 Å². The van der Waals surface area contributed by atoms with Crippen LogP contribution < -0.4 is 16.0 Å². The molecule has 152 valence electrons. The second-order valence-corrected chi connectivity index (χ2v) is 5.06. The third-order valence-electron chi connectivity index (χ3n) is 2.95. The molecule has 0 heterocycles. The summed E-state index contributed by atoms with van der Waals surface area (Å²) in [7, 11) is 1.54. The minimum absolute atomic E-state index is 0.00499. The second-order valence-electron chi connectivity index (χ2n) is 5.06. The highest BCUT2D eigenvalue weighted by Gasteiger charge is 2.01. The fraction of sp³-hybridized carbons (Fsp3) is 0.812. The lowest BCUT2D eigenvalue weighted by atomic mass is 10.4. The van der Waals surface area contributed by atoms with Gasteiger partial charge in [0.15, 0.2) is 0 Å². The van der Waals surface area contributed by atoms with Crippen molar-refractivity contribution in [2.45, 2.75) is 13.3 Å². The van der Waals surface area contributed by atoms with Gasteiger partial charge in [-0.2, -0.15) is 0 Å². The molecule has 0 spiro atoms. The summed E-state index contributed by atoms with van der Waals surface area (Å²) in [5.41, 5.74) is 0. The fourth-order valence-corrected chi connectivity index (χ4v) is 1.54. The Balaban J connectivity index is 3.25. The maximum atomic E-state index is 11.5. The third-order valence-corrected chi connectivity index (χ3v) is 2.95. The van der Waals surface area contributed by atoms with Crippen LogP contribution in [0, 0.1) is 0 Å². The third kappa shape index (κ3) is 17.1. The van der Waals surface area contributed by atoms with E-state index in [0.717, 1.165) is 0 Å². The molecule has 0 saturated carbocycles. The number of hydrogen-bond acceptors (Lipinski definition) is 7. The number of amides is 3. The molecule has 0 aromatic carbocycles. The molecule has 0 fully saturated rings. The quantitative estimate of drug-likeness (QED) is 0.262. The van der Waals surface area contributed by atoms with Crippen molar-refractivity contribution < 1.29 is 33.3 Å². The van der Waals surface area contributed by atoms with Crippen molar-refractivity contribution in [2.24, 2.45) is 0 Å². The first-order valence-electron chi connectivity index (χ1n) is 8.65. The molecule has 0 rings (SSSR count). The minimum atomic E-state index is -0.236. The first kappa shape index (κ1) is 24.2. The van der Waals surface area contributed by atoms with Crippen LogP contribution in [0.1, 0.15) is 13.3 Å². The number of likely N-dealkylation sites (N-methyl/N-ethyl adjacent to an activating group) is 1. The molecule has 0 atom stereocenters. The molecule has 3 N–H and O–H groups in total. The van der Waals surface area contributed by atoms with Crippen molar-refractivity contribution in [3.63, 3.8) is 0 Å². The lowest BCUT2D eigenvalue weighted by Gasteiger charge is -2.08. The van der Waals surface area contributed by atoms with E-state index >= 15 is 0 Å². The van der Waals surface area contributed by atoms with Crippen molar-refractivity contribution in [1.29, 1.82) is 0 Å². The molecular weight excluding hydrogens is 346 g/mol. The van der Waals surface area contributed by atoms with Gasteiger partial charge in [0.25, 0.3) is 0 Å². The lowest BCUT2D eigenvalue weighted by molar-refractivity contribution is -0.127. The van der Waals surface area contributed by atoms with Crippen LogP contribution in [0.15, 0.2) is 0 Å². The van der Waals surface area contributed by atoms with Crippen molar-refractivity contribution in [1.82, 2.24) is 16.0 Å². The molecular formula is C16H31N3O7. The molecule has 0 aliphatic heterocycles. The first-order valence-corrected chi connectivity index (χ1v) is 8.65. The van der Waals surface area contributed by atoms with Gasteiger partial charge in [-0.05, 0) is 0 Å². The highest BCUT2D eigenvalue weighted by atomic mass is 16.5. The molecule has 10 heteroatoms. The van der Waals surface area contributed by atoms with Gasteiger partial charge in [0.05, 0.1) is 39.6 Å². The summed E-state index contributed by atoms with van der Waals surface area (Å²) in [6.45, 7) is 4.64. The van der Waals surface area contributed by atoms with Crippen molar-refractivity contribution >= 4 is 17.7 Å². The molecule has 0 radical (unpaired) electrons. The maximum Gasteiger partial charge on any atom is 0.246 e. The van der Waals surface area contributed by atoms with Crippen LogP contribution in [0.2, 0.25) is 0 Å².